The summed E-state index contributed by atoms with van der Waals surface area (Å²) in [5.41, 5.74) is -0.108. The zero-order valence-corrected chi connectivity index (χ0v) is 9.71. The summed E-state index contributed by atoms with van der Waals surface area (Å²) in [5.74, 6) is -0.0858. The topological polar surface area (TPSA) is 46.6 Å². The van der Waals surface area contributed by atoms with E-state index in [1.165, 1.54) is 0 Å². The molecule has 0 saturated carbocycles. The van der Waals surface area contributed by atoms with Gasteiger partial charge in [0.05, 0.1) is 13.0 Å². The van der Waals surface area contributed by atoms with Crippen molar-refractivity contribution in [1.29, 1.82) is 0 Å². The van der Waals surface area contributed by atoms with Crippen LogP contribution in [0.4, 0.5) is 0 Å². The van der Waals surface area contributed by atoms with Gasteiger partial charge in [-0.05, 0) is 27.2 Å². The summed E-state index contributed by atoms with van der Waals surface area (Å²) in [7, 11) is 0. The molecule has 0 spiro atoms. The van der Waals surface area contributed by atoms with Crippen LogP contribution in [0.15, 0.2) is 0 Å². The number of amides is 1. The van der Waals surface area contributed by atoms with Gasteiger partial charge in [-0.3, -0.25) is 9.59 Å². The summed E-state index contributed by atoms with van der Waals surface area (Å²) in [5, 5.41) is 0. The van der Waals surface area contributed by atoms with Gasteiger partial charge in [-0.25, -0.2) is 0 Å². The Kier molecular flexibility index (Phi) is 3.72. The fourth-order valence-corrected chi connectivity index (χ4v) is 1.88. The fourth-order valence-electron chi connectivity index (χ4n) is 1.88. The molecule has 0 aromatic rings. The van der Waals surface area contributed by atoms with E-state index in [-0.39, 0.29) is 17.4 Å². The van der Waals surface area contributed by atoms with Gasteiger partial charge in [-0.2, -0.15) is 0 Å². The number of carbonyl (C=O) groups excluding carboxylic acids is 2. The van der Waals surface area contributed by atoms with Crippen molar-refractivity contribution in [2.24, 2.45) is 0 Å². The number of rotatable bonds is 4. The SMILES string of the molecule is CCOC(=O)CCN1C(=O)CCC1(C)C. The van der Waals surface area contributed by atoms with Crippen LogP contribution in [0.3, 0.4) is 0 Å². The number of hydrogen-bond donors (Lipinski definition) is 0. The first-order chi connectivity index (χ1) is 6.97. The Labute approximate surface area is 90.6 Å². The normalized spacial score (nSPS) is 19.4. The van der Waals surface area contributed by atoms with E-state index in [0.29, 0.717) is 26.0 Å². The zero-order valence-electron chi connectivity index (χ0n) is 9.71. The fraction of sp³-hybridized carbons (Fsp3) is 0.818. The van der Waals surface area contributed by atoms with Crippen molar-refractivity contribution in [3.63, 3.8) is 0 Å². The lowest BCUT2D eigenvalue weighted by molar-refractivity contribution is -0.144. The predicted octanol–water partition coefficient (Wildman–Crippen LogP) is 1.34. The second kappa shape index (κ2) is 4.64. The van der Waals surface area contributed by atoms with E-state index in [0.717, 1.165) is 6.42 Å². The standard InChI is InChI=1S/C11H19NO3/c1-4-15-10(14)6-8-12-9(13)5-7-11(12,2)3/h4-8H2,1-3H3. The minimum Gasteiger partial charge on any atom is -0.466 e. The average molecular weight is 213 g/mol. The maximum Gasteiger partial charge on any atom is 0.307 e. The number of likely N-dealkylation sites (tertiary alicyclic amines) is 1. The lowest BCUT2D eigenvalue weighted by Crippen LogP contribution is -2.42. The van der Waals surface area contributed by atoms with Gasteiger partial charge < -0.3 is 9.64 Å². The molecule has 0 unspecified atom stereocenters. The predicted molar refractivity (Wildman–Crippen MR) is 56.3 cm³/mol. The number of hydrogen-bond acceptors (Lipinski definition) is 3. The largest absolute Gasteiger partial charge is 0.466 e. The van der Waals surface area contributed by atoms with E-state index in [9.17, 15) is 9.59 Å². The van der Waals surface area contributed by atoms with Crippen LogP contribution in [0.25, 0.3) is 0 Å². The Bertz CT molecular complexity index is 261. The summed E-state index contributed by atoms with van der Waals surface area (Å²) in [4.78, 5) is 24.5. The second-order valence-electron chi connectivity index (χ2n) is 4.41. The van der Waals surface area contributed by atoms with Gasteiger partial charge in [0.1, 0.15) is 0 Å². The van der Waals surface area contributed by atoms with E-state index < -0.39 is 0 Å². The van der Waals surface area contributed by atoms with Crippen molar-refractivity contribution < 1.29 is 14.3 Å². The average Bonchev–Trinajstić information content (AvgIpc) is 2.39. The molecule has 4 nitrogen and oxygen atoms in total. The molecule has 1 aliphatic rings. The summed E-state index contributed by atoms with van der Waals surface area (Å²) in [6.45, 7) is 6.72. The molecule has 1 heterocycles. The lowest BCUT2D eigenvalue weighted by Gasteiger charge is -2.31. The Morgan fingerprint density at radius 3 is 2.67 bits per heavy atom. The van der Waals surface area contributed by atoms with E-state index in [1.54, 1.807) is 11.8 Å². The second-order valence-corrected chi connectivity index (χ2v) is 4.41. The van der Waals surface area contributed by atoms with Crippen LogP contribution in [0, 0.1) is 0 Å². The first kappa shape index (κ1) is 12.0. The minimum atomic E-state index is -0.229. The van der Waals surface area contributed by atoms with Gasteiger partial charge in [0.25, 0.3) is 0 Å². The molecule has 1 amide bonds. The summed E-state index contributed by atoms with van der Waals surface area (Å²) in [6.07, 6.45) is 1.76. The monoisotopic (exact) mass is 213 g/mol. The smallest absolute Gasteiger partial charge is 0.307 e. The van der Waals surface area contributed by atoms with Gasteiger partial charge in [0, 0.05) is 18.5 Å². The van der Waals surface area contributed by atoms with Crippen molar-refractivity contribution in [3.8, 4) is 0 Å². The highest BCUT2D eigenvalue weighted by molar-refractivity contribution is 5.80. The molecule has 0 radical (unpaired) electrons. The van der Waals surface area contributed by atoms with Gasteiger partial charge in [0.15, 0.2) is 0 Å². The maximum atomic E-state index is 11.5. The number of ether oxygens (including phenoxy) is 1. The highest BCUT2D eigenvalue weighted by Gasteiger charge is 2.37. The van der Waals surface area contributed by atoms with Gasteiger partial charge >= 0.3 is 5.97 Å². The maximum absolute atomic E-state index is 11.5. The van der Waals surface area contributed by atoms with Crippen molar-refractivity contribution in [2.45, 2.75) is 45.6 Å². The minimum absolute atomic E-state index is 0.108. The summed E-state index contributed by atoms with van der Waals surface area (Å²) in [6, 6.07) is 0. The molecule has 0 aromatic heterocycles. The zero-order chi connectivity index (χ0) is 11.5. The van der Waals surface area contributed by atoms with Crippen LogP contribution >= 0.6 is 0 Å². The van der Waals surface area contributed by atoms with E-state index in [1.807, 2.05) is 13.8 Å². The molecule has 86 valence electrons. The molecule has 1 aliphatic heterocycles. The van der Waals surface area contributed by atoms with Gasteiger partial charge in [-0.15, -0.1) is 0 Å². The molecule has 1 rings (SSSR count). The molecule has 0 aromatic carbocycles. The van der Waals surface area contributed by atoms with Crippen LogP contribution < -0.4 is 0 Å². The number of nitrogens with zero attached hydrogens (tertiary/aromatic N) is 1. The Morgan fingerprint density at radius 2 is 2.20 bits per heavy atom. The number of esters is 1. The highest BCUT2D eigenvalue weighted by atomic mass is 16.5. The molecule has 15 heavy (non-hydrogen) atoms. The quantitative estimate of drug-likeness (QED) is 0.662. The molecule has 0 N–H and O–H groups in total. The Morgan fingerprint density at radius 1 is 1.53 bits per heavy atom. The van der Waals surface area contributed by atoms with Crippen LogP contribution in [0.1, 0.15) is 40.0 Å². The van der Waals surface area contributed by atoms with Crippen molar-refractivity contribution >= 4 is 11.9 Å². The first-order valence-electron chi connectivity index (χ1n) is 5.43. The molecule has 4 heteroatoms. The van der Waals surface area contributed by atoms with Crippen LogP contribution in [0.5, 0.6) is 0 Å². The molecule has 1 saturated heterocycles. The number of carbonyl (C=O) groups is 2. The molecule has 0 aliphatic carbocycles. The Hall–Kier alpha value is -1.06. The van der Waals surface area contributed by atoms with Gasteiger partial charge in [0.2, 0.25) is 5.91 Å². The molecular formula is C11H19NO3. The lowest BCUT2D eigenvalue weighted by atomic mass is 10.0. The molecular weight excluding hydrogens is 194 g/mol. The third-order valence-corrected chi connectivity index (χ3v) is 2.83. The van der Waals surface area contributed by atoms with Crippen LogP contribution in [-0.2, 0) is 14.3 Å². The van der Waals surface area contributed by atoms with Crippen molar-refractivity contribution in [3.05, 3.63) is 0 Å². The molecule has 0 atom stereocenters. The van der Waals surface area contributed by atoms with Crippen LogP contribution in [0.2, 0.25) is 0 Å². The van der Waals surface area contributed by atoms with E-state index >= 15 is 0 Å². The summed E-state index contributed by atoms with van der Waals surface area (Å²) >= 11 is 0. The summed E-state index contributed by atoms with van der Waals surface area (Å²) < 4.78 is 4.83. The third-order valence-electron chi connectivity index (χ3n) is 2.83. The third kappa shape index (κ3) is 2.94. The Balaban J connectivity index is 2.43. The highest BCUT2D eigenvalue weighted by Crippen LogP contribution is 2.29. The van der Waals surface area contributed by atoms with Gasteiger partial charge in [-0.1, -0.05) is 0 Å². The molecule has 0 bridgehead atoms. The first-order valence-corrected chi connectivity index (χ1v) is 5.43. The van der Waals surface area contributed by atoms with Crippen molar-refractivity contribution in [2.75, 3.05) is 13.2 Å². The van der Waals surface area contributed by atoms with Crippen molar-refractivity contribution in [1.82, 2.24) is 4.90 Å². The molecule has 1 fully saturated rings. The van der Waals surface area contributed by atoms with E-state index in [4.69, 9.17) is 4.74 Å². The van der Waals surface area contributed by atoms with Crippen LogP contribution in [-0.4, -0.2) is 35.5 Å². The van der Waals surface area contributed by atoms with E-state index in [2.05, 4.69) is 0 Å².